The highest BCUT2D eigenvalue weighted by atomic mass is 32.2. The topological polar surface area (TPSA) is 69.4 Å². The fourth-order valence-electron chi connectivity index (χ4n) is 2.66. The molecule has 0 unspecified atom stereocenters. The number of para-hydroxylation sites is 1. The van der Waals surface area contributed by atoms with E-state index in [1.165, 1.54) is 6.07 Å². The largest absolute Gasteiger partial charge is 0.496 e. The minimum absolute atomic E-state index is 0.0723. The van der Waals surface area contributed by atoms with Gasteiger partial charge in [-0.3, -0.25) is 0 Å². The first-order chi connectivity index (χ1) is 11.5. The molecule has 0 heterocycles. The Kier molecular flexibility index (Phi) is 4.38. The summed E-state index contributed by atoms with van der Waals surface area (Å²) in [6.07, 6.45) is 0. The molecule has 3 rings (SSSR count). The molecular formula is C19H17NO3S. The second kappa shape index (κ2) is 6.47. The van der Waals surface area contributed by atoms with E-state index < -0.39 is 10.0 Å². The molecule has 122 valence electrons. The van der Waals surface area contributed by atoms with Crippen LogP contribution in [-0.2, 0) is 10.0 Å². The van der Waals surface area contributed by atoms with Crippen LogP contribution in [0.3, 0.4) is 0 Å². The fraction of sp³-hybridized carbons (Fsp3) is 0.0526. The molecule has 24 heavy (non-hydrogen) atoms. The van der Waals surface area contributed by atoms with Gasteiger partial charge in [0.2, 0.25) is 10.0 Å². The van der Waals surface area contributed by atoms with Crippen molar-refractivity contribution < 1.29 is 13.2 Å². The first kappa shape index (κ1) is 16.2. The van der Waals surface area contributed by atoms with Crippen LogP contribution in [0.2, 0.25) is 0 Å². The van der Waals surface area contributed by atoms with Crippen LogP contribution >= 0.6 is 0 Å². The van der Waals surface area contributed by atoms with E-state index in [4.69, 9.17) is 9.88 Å². The van der Waals surface area contributed by atoms with Crippen molar-refractivity contribution in [2.24, 2.45) is 5.14 Å². The number of nitrogens with two attached hydrogens (primary N) is 1. The van der Waals surface area contributed by atoms with E-state index in [9.17, 15) is 8.42 Å². The monoisotopic (exact) mass is 339 g/mol. The molecule has 0 aliphatic carbocycles. The Morgan fingerprint density at radius 1 is 0.792 bits per heavy atom. The highest BCUT2D eigenvalue weighted by Gasteiger charge is 2.16. The molecule has 0 bridgehead atoms. The summed E-state index contributed by atoms with van der Waals surface area (Å²) in [4.78, 5) is 0.0723. The predicted molar refractivity (Wildman–Crippen MR) is 95.2 cm³/mol. The van der Waals surface area contributed by atoms with Gasteiger partial charge in [-0.2, -0.15) is 0 Å². The van der Waals surface area contributed by atoms with Gasteiger partial charge in [0.25, 0.3) is 0 Å². The first-order valence-electron chi connectivity index (χ1n) is 7.36. The predicted octanol–water partition coefficient (Wildman–Crippen LogP) is 3.68. The molecule has 0 amide bonds. The summed E-state index contributed by atoms with van der Waals surface area (Å²) in [5.74, 6) is 0.668. The number of hydrogen-bond acceptors (Lipinski definition) is 3. The van der Waals surface area contributed by atoms with Crippen molar-refractivity contribution in [2.45, 2.75) is 4.90 Å². The van der Waals surface area contributed by atoms with Gasteiger partial charge >= 0.3 is 0 Å². The summed E-state index contributed by atoms with van der Waals surface area (Å²) in [6, 6.07) is 22.2. The van der Waals surface area contributed by atoms with E-state index in [2.05, 4.69) is 0 Å². The third kappa shape index (κ3) is 3.18. The van der Waals surface area contributed by atoms with Gasteiger partial charge in [0.05, 0.1) is 12.0 Å². The molecule has 4 nitrogen and oxygen atoms in total. The Balaban J connectivity index is 2.32. The van der Waals surface area contributed by atoms with Gasteiger partial charge in [-0.05, 0) is 34.9 Å². The fourth-order valence-corrected chi connectivity index (χ4v) is 3.20. The number of rotatable bonds is 4. The molecule has 0 saturated heterocycles. The van der Waals surface area contributed by atoms with Crippen molar-refractivity contribution >= 4 is 10.0 Å². The maximum Gasteiger partial charge on any atom is 0.238 e. The van der Waals surface area contributed by atoms with Crippen molar-refractivity contribution in [2.75, 3.05) is 7.11 Å². The standard InChI is InChI=1S/C19H17NO3S/c1-23-19-10-6-5-9-17(19)18-13-15(24(20,21)22)11-12-16(18)14-7-3-2-4-8-14/h2-13H,1H3,(H2,20,21,22). The van der Waals surface area contributed by atoms with Crippen molar-refractivity contribution in [1.82, 2.24) is 0 Å². The molecule has 5 heteroatoms. The maximum absolute atomic E-state index is 11.8. The maximum atomic E-state index is 11.8. The molecule has 0 atom stereocenters. The molecule has 0 spiro atoms. The van der Waals surface area contributed by atoms with Crippen LogP contribution < -0.4 is 9.88 Å². The lowest BCUT2D eigenvalue weighted by atomic mass is 9.94. The van der Waals surface area contributed by atoms with Crippen LogP contribution in [0.5, 0.6) is 5.75 Å². The molecule has 3 aromatic rings. The van der Waals surface area contributed by atoms with Crippen LogP contribution in [0.25, 0.3) is 22.3 Å². The molecule has 0 radical (unpaired) electrons. The van der Waals surface area contributed by atoms with Crippen LogP contribution in [0.1, 0.15) is 0 Å². The molecular weight excluding hydrogens is 322 g/mol. The van der Waals surface area contributed by atoms with E-state index in [0.717, 1.165) is 22.3 Å². The molecule has 0 saturated carbocycles. The van der Waals surface area contributed by atoms with E-state index in [1.807, 2.05) is 54.6 Å². The number of methoxy groups -OCH3 is 1. The number of benzene rings is 3. The molecule has 3 aromatic carbocycles. The number of hydrogen-bond donors (Lipinski definition) is 1. The third-order valence-electron chi connectivity index (χ3n) is 3.80. The van der Waals surface area contributed by atoms with Gasteiger partial charge in [0.15, 0.2) is 0 Å². The second-order valence-corrected chi connectivity index (χ2v) is 6.88. The molecule has 0 fully saturated rings. The molecule has 2 N–H and O–H groups in total. The van der Waals surface area contributed by atoms with Crippen LogP contribution in [0, 0.1) is 0 Å². The average Bonchev–Trinajstić information content (AvgIpc) is 2.61. The first-order valence-corrected chi connectivity index (χ1v) is 8.91. The minimum Gasteiger partial charge on any atom is -0.496 e. The highest BCUT2D eigenvalue weighted by molar-refractivity contribution is 7.89. The lowest BCUT2D eigenvalue weighted by Crippen LogP contribution is -2.12. The quantitative estimate of drug-likeness (QED) is 0.788. The number of primary sulfonamides is 1. The summed E-state index contributed by atoms with van der Waals surface area (Å²) in [5.41, 5.74) is 3.46. The highest BCUT2D eigenvalue weighted by Crippen LogP contribution is 2.38. The molecule has 0 aliphatic rings. The van der Waals surface area contributed by atoms with Crippen molar-refractivity contribution in [3.05, 3.63) is 72.8 Å². The zero-order valence-corrected chi connectivity index (χ0v) is 14.0. The summed E-state index contributed by atoms with van der Waals surface area (Å²) in [6.45, 7) is 0. The zero-order valence-electron chi connectivity index (χ0n) is 13.1. The van der Waals surface area contributed by atoms with E-state index in [0.29, 0.717) is 5.75 Å². The summed E-state index contributed by atoms with van der Waals surface area (Å²) < 4.78 is 29.0. The van der Waals surface area contributed by atoms with Crippen LogP contribution in [-0.4, -0.2) is 15.5 Å². The Morgan fingerprint density at radius 2 is 1.46 bits per heavy atom. The Bertz CT molecular complexity index is 967. The number of sulfonamides is 1. The summed E-state index contributed by atoms with van der Waals surface area (Å²) in [5, 5.41) is 5.30. The molecule has 0 aliphatic heterocycles. The lowest BCUT2D eigenvalue weighted by molar-refractivity contribution is 0.416. The van der Waals surface area contributed by atoms with Crippen LogP contribution in [0.15, 0.2) is 77.7 Å². The Hall–Kier alpha value is -2.63. The minimum atomic E-state index is -3.79. The zero-order chi connectivity index (χ0) is 17.2. The van der Waals surface area contributed by atoms with Crippen molar-refractivity contribution in [3.8, 4) is 28.0 Å². The summed E-state index contributed by atoms with van der Waals surface area (Å²) >= 11 is 0. The second-order valence-electron chi connectivity index (χ2n) is 5.32. The SMILES string of the molecule is COc1ccccc1-c1cc(S(N)(=O)=O)ccc1-c1ccccc1. The number of ether oxygens (including phenoxy) is 1. The summed E-state index contributed by atoms with van der Waals surface area (Å²) in [7, 11) is -2.20. The van der Waals surface area contributed by atoms with Gasteiger partial charge in [-0.15, -0.1) is 0 Å². The van der Waals surface area contributed by atoms with Crippen molar-refractivity contribution in [3.63, 3.8) is 0 Å². The Labute approximate surface area is 141 Å². The third-order valence-corrected chi connectivity index (χ3v) is 4.71. The lowest BCUT2D eigenvalue weighted by Gasteiger charge is -2.14. The van der Waals surface area contributed by atoms with Gasteiger partial charge in [0.1, 0.15) is 5.75 Å². The van der Waals surface area contributed by atoms with Crippen LogP contribution in [0.4, 0.5) is 0 Å². The van der Waals surface area contributed by atoms with Gasteiger partial charge in [-0.25, -0.2) is 13.6 Å². The molecule has 0 aromatic heterocycles. The van der Waals surface area contributed by atoms with E-state index in [-0.39, 0.29) is 4.90 Å². The van der Waals surface area contributed by atoms with Gasteiger partial charge < -0.3 is 4.74 Å². The normalized spacial score (nSPS) is 11.2. The average molecular weight is 339 g/mol. The Morgan fingerprint density at radius 3 is 2.12 bits per heavy atom. The van der Waals surface area contributed by atoms with Gasteiger partial charge in [0, 0.05) is 5.56 Å². The van der Waals surface area contributed by atoms with E-state index in [1.54, 1.807) is 19.2 Å². The van der Waals surface area contributed by atoms with Gasteiger partial charge in [-0.1, -0.05) is 54.6 Å². The van der Waals surface area contributed by atoms with E-state index >= 15 is 0 Å². The smallest absolute Gasteiger partial charge is 0.238 e. The van der Waals surface area contributed by atoms with Crippen molar-refractivity contribution in [1.29, 1.82) is 0 Å².